The lowest BCUT2D eigenvalue weighted by molar-refractivity contribution is 0.843. The standard InChI is InChI=1S/C14H16N2S/c1-10-8-12(11(2)16(10)3)9-15-13-6-4-5-7-14(13)17/h4-9,17H,1-3H3. The van der Waals surface area contributed by atoms with E-state index in [9.17, 15) is 0 Å². The van der Waals surface area contributed by atoms with E-state index in [1.165, 1.54) is 11.4 Å². The van der Waals surface area contributed by atoms with Crippen LogP contribution in [0.25, 0.3) is 0 Å². The summed E-state index contributed by atoms with van der Waals surface area (Å²) in [4.78, 5) is 5.37. The Bertz CT molecular complexity index is 568. The van der Waals surface area contributed by atoms with Gasteiger partial charge in [-0.2, -0.15) is 0 Å². The third-order valence-corrected chi connectivity index (χ3v) is 3.42. The van der Waals surface area contributed by atoms with Crippen molar-refractivity contribution in [3.05, 3.63) is 47.3 Å². The second-order valence-electron chi connectivity index (χ2n) is 4.13. The Labute approximate surface area is 107 Å². The van der Waals surface area contributed by atoms with Gasteiger partial charge in [0.2, 0.25) is 0 Å². The molecule has 2 rings (SSSR count). The number of nitrogens with zero attached hydrogens (tertiary/aromatic N) is 2. The summed E-state index contributed by atoms with van der Waals surface area (Å²) in [5.74, 6) is 0. The third-order valence-electron chi connectivity index (χ3n) is 3.04. The minimum Gasteiger partial charge on any atom is -0.352 e. The van der Waals surface area contributed by atoms with Gasteiger partial charge in [-0.3, -0.25) is 4.99 Å². The predicted octanol–water partition coefficient (Wildman–Crippen LogP) is 3.68. The van der Waals surface area contributed by atoms with Gasteiger partial charge in [-0.1, -0.05) is 12.1 Å². The quantitative estimate of drug-likeness (QED) is 0.613. The molecule has 88 valence electrons. The lowest BCUT2D eigenvalue weighted by atomic mass is 10.2. The number of para-hydroxylation sites is 1. The number of aliphatic imine (C=N–C) groups is 1. The Morgan fingerprint density at radius 3 is 2.53 bits per heavy atom. The van der Waals surface area contributed by atoms with Crippen molar-refractivity contribution in [1.82, 2.24) is 4.57 Å². The van der Waals surface area contributed by atoms with E-state index in [0.29, 0.717) is 0 Å². The number of benzene rings is 1. The van der Waals surface area contributed by atoms with Crippen LogP contribution in [0.2, 0.25) is 0 Å². The molecule has 1 heterocycles. The lowest BCUT2D eigenvalue weighted by Crippen LogP contribution is -1.93. The minimum atomic E-state index is 0.897. The Morgan fingerprint density at radius 2 is 1.94 bits per heavy atom. The van der Waals surface area contributed by atoms with Crippen molar-refractivity contribution in [3.8, 4) is 0 Å². The molecular formula is C14H16N2S. The van der Waals surface area contributed by atoms with E-state index >= 15 is 0 Å². The monoisotopic (exact) mass is 244 g/mol. The average molecular weight is 244 g/mol. The van der Waals surface area contributed by atoms with Gasteiger partial charge >= 0.3 is 0 Å². The first-order valence-corrected chi connectivity index (χ1v) is 5.99. The van der Waals surface area contributed by atoms with Gasteiger partial charge in [0.25, 0.3) is 0 Å². The van der Waals surface area contributed by atoms with Crippen LogP contribution in [0.5, 0.6) is 0 Å². The van der Waals surface area contributed by atoms with E-state index in [0.717, 1.165) is 16.1 Å². The van der Waals surface area contributed by atoms with Gasteiger partial charge in [0.15, 0.2) is 0 Å². The van der Waals surface area contributed by atoms with Gasteiger partial charge in [-0.15, -0.1) is 12.6 Å². The molecule has 0 atom stereocenters. The summed E-state index contributed by atoms with van der Waals surface area (Å²) >= 11 is 4.38. The van der Waals surface area contributed by atoms with Crippen molar-refractivity contribution >= 4 is 24.5 Å². The van der Waals surface area contributed by atoms with E-state index in [4.69, 9.17) is 0 Å². The van der Waals surface area contributed by atoms with Crippen LogP contribution < -0.4 is 0 Å². The molecule has 0 aliphatic carbocycles. The van der Waals surface area contributed by atoms with Gasteiger partial charge in [0.05, 0.1) is 5.69 Å². The van der Waals surface area contributed by atoms with Crippen LogP contribution in [0.4, 0.5) is 5.69 Å². The highest BCUT2D eigenvalue weighted by molar-refractivity contribution is 7.80. The average Bonchev–Trinajstić information content (AvgIpc) is 2.56. The summed E-state index contributed by atoms with van der Waals surface area (Å²) in [6.07, 6.45) is 1.90. The Morgan fingerprint density at radius 1 is 1.24 bits per heavy atom. The Kier molecular flexibility index (Phi) is 3.38. The van der Waals surface area contributed by atoms with Crippen LogP contribution in [0, 0.1) is 13.8 Å². The number of hydrogen-bond donors (Lipinski definition) is 1. The number of aryl methyl sites for hydroxylation is 1. The fraction of sp³-hybridized carbons (Fsp3) is 0.214. The summed E-state index contributed by atoms with van der Waals surface area (Å²) in [6.45, 7) is 4.19. The maximum atomic E-state index is 4.48. The molecule has 0 saturated heterocycles. The van der Waals surface area contributed by atoms with E-state index in [2.05, 4.69) is 49.1 Å². The van der Waals surface area contributed by atoms with Gasteiger partial charge in [-0.05, 0) is 32.0 Å². The van der Waals surface area contributed by atoms with Gasteiger partial charge in [0.1, 0.15) is 0 Å². The largest absolute Gasteiger partial charge is 0.352 e. The third kappa shape index (κ3) is 2.44. The first kappa shape index (κ1) is 12.0. The molecule has 0 radical (unpaired) electrons. The maximum absolute atomic E-state index is 4.48. The molecule has 0 amide bonds. The highest BCUT2D eigenvalue weighted by Crippen LogP contribution is 2.22. The van der Waals surface area contributed by atoms with Crippen LogP contribution in [0.1, 0.15) is 17.0 Å². The van der Waals surface area contributed by atoms with Crippen LogP contribution in [0.3, 0.4) is 0 Å². The minimum absolute atomic E-state index is 0.897. The zero-order valence-electron chi connectivity index (χ0n) is 10.3. The molecule has 0 aliphatic heterocycles. The van der Waals surface area contributed by atoms with Crippen LogP contribution >= 0.6 is 12.6 Å². The first-order valence-electron chi connectivity index (χ1n) is 5.54. The van der Waals surface area contributed by atoms with Crippen molar-refractivity contribution < 1.29 is 0 Å². The highest BCUT2D eigenvalue weighted by atomic mass is 32.1. The molecule has 2 aromatic rings. The van der Waals surface area contributed by atoms with Crippen LogP contribution in [0.15, 0.2) is 40.2 Å². The molecular weight excluding hydrogens is 228 g/mol. The number of aromatic nitrogens is 1. The number of hydrogen-bond acceptors (Lipinski definition) is 2. The van der Waals surface area contributed by atoms with Crippen molar-refractivity contribution in [1.29, 1.82) is 0 Å². The van der Waals surface area contributed by atoms with E-state index in [1.807, 2.05) is 30.5 Å². The lowest BCUT2D eigenvalue weighted by Gasteiger charge is -1.99. The fourth-order valence-corrected chi connectivity index (χ4v) is 1.95. The van der Waals surface area contributed by atoms with Crippen molar-refractivity contribution in [3.63, 3.8) is 0 Å². The molecule has 0 fully saturated rings. The Balaban J connectivity index is 2.33. The highest BCUT2D eigenvalue weighted by Gasteiger charge is 2.03. The van der Waals surface area contributed by atoms with Gasteiger partial charge in [0, 0.05) is 35.1 Å². The van der Waals surface area contributed by atoms with E-state index in [-0.39, 0.29) is 0 Å². The zero-order chi connectivity index (χ0) is 12.4. The van der Waals surface area contributed by atoms with Crippen molar-refractivity contribution in [2.75, 3.05) is 0 Å². The predicted molar refractivity (Wildman–Crippen MR) is 75.8 cm³/mol. The van der Waals surface area contributed by atoms with Crippen molar-refractivity contribution in [2.24, 2.45) is 12.0 Å². The molecule has 0 N–H and O–H groups in total. The molecule has 0 unspecified atom stereocenters. The molecule has 2 nitrogen and oxygen atoms in total. The SMILES string of the molecule is Cc1cc(C=Nc2ccccc2S)c(C)n1C. The summed E-state index contributed by atoms with van der Waals surface area (Å²) < 4.78 is 2.16. The molecule has 3 heteroatoms. The maximum Gasteiger partial charge on any atom is 0.0763 e. The number of rotatable bonds is 2. The normalized spacial score (nSPS) is 11.3. The molecule has 0 aliphatic rings. The molecule has 0 saturated carbocycles. The molecule has 17 heavy (non-hydrogen) atoms. The summed E-state index contributed by atoms with van der Waals surface area (Å²) in [5, 5.41) is 0. The summed E-state index contributed by atoms with van der Waals surface area (Å²) in [6, 6.07) is 9.97. The van der Waals surface area contributed by atoms with E-state index < -0.39 is 0 Å². The fourth-order valence-electron chi connectivity index (χ4n) is 1.73. The second kappa shape index (κ2) is 4.80. The molecule has 1 aromatic carbocycles. The van der Waals surface area contributed by atoms with E-state index in [1.54, 1.807) is 0 Å². The first-order chi connectivity index (χ1) is 8.09. The molecule has 0 spiro atoms. The number of thiol groups is 1. The van der Waals surface area contributed by atoms with Gasteiger partial charge in [-0.25, -0.2) is 0 Å². The Hall–Kier alpha value is -1.48. The molecule has 1 aromatic heterocycles. The molecule has 0 bridgehead atoms. The summed E-state index contributed by atoms with van der Waals surface area (Å²) in [7, 11) is 2.06. The van der Waals surface area contributed by atoms with Crippen LogP contribution in [-0.2, 0) is 7.05 Å². The summed E-state index contributed by atoms with van der Waals surface area (Å²) in [5.41, 5.74) is 4.52. The van der Waals surface area contributed by atoms with Crippen LogP contribution in [-0.4, -0.2) is 10.8 Å². The van der Waals surface area contributed by atoms with Crippen molar-refractivity contribution in [2.45, 2.75) is 18.7 Å². The van der Waals surface area contributed by atoms with Gasteiger partial charge < -0.3 is 4.57 Å². The second-order valence-corrected chi connectivity index (χ2v) is 4.61. The smallest absolute Gasteiger partial charge is 0.0763 e. The topological polar surface area (TPSA) is 17.3 Å². The zero-order valence-corrected chi connectivity index (χ0v) is 11.2.